The molecule has 6 heteroatoms. The fourth-order valence-electron chi connectivity index (χ4n) is 1.34. The highest BCUT2D eigenvalue weighted by Gasteiger charge is 2.23. The van der Waals surface area contributed by atoms with Gasteiger partial charge >= 0.3 is 0 Å². The van der Waals surface area contributed by atoms with Gasteiger partial charge in [-0.05, 0) is 25.0 Å². The minimum atomic E-state index is -0.400. The van der Waals surface area contributed by atoms with Crippen molar-refractivity contribution in [2.45, 2.75) is 18.9 Å². The minimum Gasteiger partial charge on any atom is -0.384 e. The first-order valence-electron chi connectivity index (χ1n) is 5.45. The first-order valence-corrected chi connectivity index (χ1v) is 5.45. The van der Waals surface area contributed by atoms with E-state index in [4.69, 9.17) is 5.73 Å². The van der Waals surface area contributed by atoms with E-state index in [0.717, 1.165) is 12.8 Å². The predicted molar refractivity (Wildman–Crippen MR) is 62.1 cm³/mol. The lowest BCUT2D eigenvalue weighted by atomic mass is 10.3. The Balaban J connectivity index is 1.82. The highest BCUT2D eigenvalue weighted by Crippen LogP contribution is 2.18. The molecular formula is C11H14N4O2. The van der Waals surface area contributed by atoms with E-state index >= 15 is 0 Å². The number of amides is 2. The Morgan fingerprint density at radius 2 is 2.18 bits per heavy atom. The number of hydrogen-bond donors (Lipinski definition) is 3. The average molecular weight is 234 g/mol. The number of carbonyl (C=O) groups is 2. The molecule has 6 nitrogen and oxygen atoms in total. The maximum Gasteiger partial charge on any atom is 0.270 e. The molecule has 0 radical (unpaired) electrons. The van der Waals surface area contributed by atoms with Gasteiger partial charge < -0.3 is 16.4 Å². The van der Waals surface area contributed by atoms with Gasteiger partial charge in [-0.2, -0.15) is 0 Å². The quantitative estimate of drug-likeness (QED) is 0.664. The van der Waals surface area contributed by atoms with Crippen molar-refractivity contribution < 1.29 is 9.59 Å². The van der Waals surface area contributed by atoms with Crippen LogP contribution >= 0.6 is 0 Å². The van der Waals surface area contributed by atoms with Gasteiger partial charge in [0.25, 0.3) is 5.91 Å². The summed E-state index contributed by atoms with van der Waals surface area (Å²) in [6, 6.07) is 5.08. The predicted octanol–water partition coefficient (Wildman–Crippen LogP) is -0.328. The summed E-state index contributed by atoms with van der Waals surface area (Å²) in [4.78, 5) is 26.8. The van der Waals surface area contributed by atoms with Gasteiger partial charge in [0.2, 0.25) is 5.91 Å². The molecule has 0 aliphatic heterocycles. The van der Waals surface area contributed by atoms with Crippen LogP contribution in [0.4, 0.5) is 5.82 Å². The molecule has 17 heavy (non-hydrogen) atoms. The summed E-state index contributed by atoms with van der Waals surface area (Å²) in [7, 11) is 0. The van der Waals surface area contributed by atoms with Crippen molar-refractivity contribution in [3.05, 3.63) is 23.9 Å². The van der Waals surface area contributed by atoms with E-state index in [9.17, 15) is 9.59 Å². The summed E-state index contributed by atoms with van der Waals surface area (Å²) in [5.74, 6) is -0.298. The van der Waals surface area contributed by atoms with Crippen LogP contribution in [0.5, 0.6) is 0 Å². The van der Waals surface area contributed by atoms with Crippen molar-refractivity contribution in [3.63, 3.8) is 0 Å². The van der Waals surface area contributed by atoms with Crippen molar-refractivity contribution >= 4 is 17.6 Å². The monoisotopic (exact) mass is 234 g/mol. The molecule has 2 rings (SSSR count). The molecule has 90 valence electrons. The Bertz CT molecular complexity index is 443. The van der Waals surface area contributed by atoms with E-state index in [1.807, 2.05) is 0 Å². The second kappa shape index (κ2) is 4.82. The molecule has 1 heterocycles. The van der Waals surface area contributed by atoms with E-state index in [-0.39, 0.29) is 24.0 Å². The van der Waals surface area contributed by atoms with Crippen LogP contribution in [-0.2, 0) is 4.79 Å². The number of nitrogens with one attached hydrogen (secondary N) is 2. The molecule has 0 spiro atoms. The standard InChI is InChI=1S/C11H14N4O2/c12-9-3-1-2-8(15-9)11(17)13-6-10(16)14-7-4-5-7/h1-3,7H,4-6H2,(H2,12,15)(H,13,17)(H,14,16). The lowest BCUT2D eigenvalue weighted by Gasteiger charge is -2.05. The lowest BCUT2D eigenvalue weighted by molar-refractivity contribution is -0.120. The van der Waals surface area contributed by atoms with Crippen LogP contribution in [0.15, 0.2) is 18.2 Å². The molecule has 1 aromatic rings. The zero-order chi connectivity index (χ0) is 12.3. The number of pyridine rings is 1. The van der Waals surface area contributed by atoms with Crippen molar-refractivity contribution in [2.75, 3.05) is 12.3 Å². The van der Waals surface area contributed by atoms with Crippen LogP contribution in [0.2, 0.25) is 0 Å². The Hall–Kier alpha value is -2.11. The Morgan fingerprint density at radius 1 is 1.41 bits per heavy atom. The van der Waals surface area contributed by atoms with Gasteiger partial charge in [0, 0.05) is 6.04 Å². The number of nitrogens with zero attached hydrogens (tertiary/aromatic N) is 1. The molecule has 0 unspecified atom stereocenters. The van der Waals surface area contributed by atoms with E-state index in [1.165, 1.54) is 0 Å². The molecular weight excluding hydrogens is 220 g/mol. The van der Waals surface area contributed by atoms with Crippen LogP contribution in [0.1, 0.15) is 23.3 Å². The normalized spacial score (nSPS) is 14.1. The van der Waals surface area contributed by atoms with Crippen molar-refractivity contribution in [1.82, 2.24) is 15.6 Å². The van der Waals surface area contributed by atoms with E-state index in [0.29, 0.717) is 6.04 Å². The van der Waals surface area contributed by atoms with E-state index in [2.05, 4.69) is 15.6 Å². The summed E-state index contributed by atoms with van der Waals surface area (Å²) >= 11 is 0. The van der Waals surface area contributed by atoms with E-state index < -0.39 is 5.91 Å². The molecule has 4 N–H and O–H groups in total. The van der Waals surface area contributed by atoms with Crippen LogP contribution in [0.3, 0.4) is 0 Å². The lowest BCUT2D eigenvalue weighted by Crippen LogP contribution is -2.38. The fourth-order valence-corrected chi connectivity index (χ4v) is 1.34. The van der Waals surface area contributed by atoms with Crippen LogP contribution in [0, 0.1) is 0 Å². The Kier molecular flexibility index (Phi) is 3.22. The number of nitrogen functional groups attached to an aromatic ring is 1. The summed E-state index contributed by atoms with van der Waals surface area (Å²) in [5.41, 5.74) is 5.67. The number of rotatable bonds is 4. The first-order chi connectivity index (χ1) is 8.15. The van der Waals surface area contributed by atoms with Crippen molar-refractivity contribution in [3.8, 4) is 0 Å². The summed E-state index contributed by atoms with van der Waals surface area (Å²) in [6.45, 7) is -0.0359. The highest BCUT2D eigenvalue weighted by atomic mass is 16.2. The first kappa shape index (κ1) is 11.4. The number of nitrogens with two attached hydrogens (primary N) is 1. The molecule has 1 fully saturated rings. The smallest absolute Gasteiger partial charge is 0.270 e. The van der Waals surface area contributed by atoms with E-state index in [1.54, 1.807) is 18.2 Å². The molecule has 0 aromatic carbocycles. The zero-order valence-corrected chi connectivity index (χ0v) is 9.27. The van der Waals surface area contributed by atoms with Gasteiger partial charge in [-0.3, -0.25) is 9.59 Å². The Labute approximate surface area is 98.6 Å². The van der Waals surface area contributed by atoms with Crippen molar-refractivity contribution in [2.24, 2.45) is 0 Å². The molecule has 1 saturated carbocycles. The summed E-state index contributed by atoms with van der Waals surface area (Å²) in [6.07, 6.45) is 2.05. The average Bonchev–Trinajstić information content (AvgIpc) is 3.10. The minimum absolute atomic E-state index is 0.0359. The molecule has 1 aliphatic carbocycles. The Morgan fingerprint density at radius 3 is 2.82 bits per heavy atom. The number of hydrogen-bond acceptors (Lipinski definition) is 4. The third-order valence-electron chi connectivity index (χ3n) is 2.36. The highest BCUT2D eigenvalue weighted by molar-refractivity contribution is 5.95. The third-order valence-corrected chi connectivity index (χ3v) is 2.36. The molecule has 2 amide bonds. The zero-order valence-electron chi connectivity index (χ0n) is 9.27. The second-order valence-corrected chi connectivity index (χ2v) is 3.97. The molecule has 0 saturated heterocycles. The van der Waals surface area contributed by atoms with Gasteiger partial charge in [0.15, 0.2) is 0 Å². The van der Waals surface area contributed by atoms with Crippen LogP contribution < -0.4 is 16.4 Å². The SMILES string of the molecule is Nc1cccc(C(=O)NCC(=O)NC2CC2)n1. The van der Waals surface area contributed by atoms with Gasteiger partial charge in [-0.25, -0.2) is 4.98 Å². The second-order valence-electron chi connectivity index (χ2n) is 3.97. The maximum absolute atomic E-state index is 11.6. The van der Waals surface area contributed by atoms with Crippen LogP contribution in [0.25, 0.3) is 0 Å². The molecule has 1 aromatic heterocycles. The van der Waals surface area contributed by atoms with Crippen molar-refractivity contribution in [1.29, 1.82) is 0 Å². The molecule has 0 bridgehead atoms. The summed E-state index contributed by atoms with van der Waals surface area (Å²) in [5, 5.41) is 5.26. The molecule has 1 aliphatic rings. The number of carbonyl (C=O) groups excluding carboxylic acids is 2. The fraction of sp³-hybridized carbons (Fsp3) is 0.364. The molecule has 0 atom stereocenters. The van der Waals surface area contributed by atoms with Gasteiger partial charge in [0.05, 0.1) is 6.54 Å². The van der Waals surface area contributed by atoms with Gasteiger partial charge in [-0.1, -0.05) is 6.07 Å². The topological polar surface area (TPSA) is 97.1 Å². The summed E-state index contributed by atoms with van der Waals surface area (Å²) < 4.78 is 0. The van der Waals surface area contributed by atoms with Gasteiger partial charge in [0.1, 0.15) is 11.5 Å². The maximum atomic E-state index is 11.6. The third kappa shape index (κ3) is 3.44. The number of aromatic nitrogens is 1. The van der Waals surface area contributed by atoms with Crippen LogP contribution in [-0.4, -0.2) is 29.4 Å². The number of anilines is 1. The van der Waals surface area contributed by atoms with Gasteiger partial charge in [-0.15, -0.1) is 0 Å². The largest absolute Gasteiger partial charge is 0.384 e.